The minimum absolute atomic E-state index is 0.359. The van der Waals surface area contributed by atoms with Crippen LogP contribution >= 0.6 is 27.3 Å². The van der Waals surface area contributed by atoms with Gasteiger partial charge in [0.1, 0.15) is 11.2 Å². The number of esters is 1. The Morgan fingerprint density at radius 2 is 2.54 bits per heavy atom. The molecule has 0 amide bonds. The Morgan fingerprint density at radius 1 is 1.77 bits per heavy atom. The molecule has 2 rings (SSSR count). The minimum atomic E-state index is -0.406. The van der Waals surface area contributed by atoms with Crippen LogP contribution in [0.25, 0.3) is 4.83 Å². The lowest BCUT2D eigenvalue weighted by molar-refractivity contribution is 0.0597. The molecule has 0 radical (unpaired) electrons. The second kappa shape index (κ2) is 3.12. The molecule has 0 aromatic carbocycles. The van der Waals surface area contributed by atoms with Crippen molar-refractivity contribution < 1.29 is 9.53 Å². The van der Waals surface area contributed by atoms with Crippen LogP contribution in [0, 0.1) is 0 Å². The van der Waals surface area contributed by atoms with Crippen LogP contribution in [0.5, 0.6) is 0 Å². The van der Waals surface area contributed by atoms with Gasteiger partial charge in [-0.3, -0.25) is 4.40 Å². The zero-order chi connectivity index (χ0) is 9.42. The lowest BCUT2D eigenvalue weighted by Crippen LogP contribution is -2.01. The van der Waals surface area contributed by atoms with E-state index in [9.17, 15) is 4.79 Å². The van der Waals surface area contributed by atoms with Crippen molar-refractivity contribution >= 4 is 38.1 Å². The SMILES string of the molecule is COC(=O)c1ncn2cc(Br)sc12. The normalized spacial score (nSPS) is 10.6. The predicted octanol–water partition coefficient (Wildman–Crippen LogP) is 1.94. The number of rotatable bonds is 1. The third-order valence-electron chi connectivity index (χ3n) is 1.56. The number of hydrogen-bond donors (Lipinski definition) is 0. The molecular weight excluding hydrogens is 256 g/mol. The summed E-state index contributed by atoms with van der Waals surface area (Å²) in [5.41, 5.74) is 0.359. The van der Waals surface area contributed by atoms with Crippen LogP contribution < -0.4 is 0 Å². The van der Waals surface area contributed by atoms with Gasteiger partial charge in [0, 0.05) is 6.20 Å². The molecule has 0 aliphatic carbocycles. The van der Waals surface area contributed by atoms with Crippen molar-refractivity contribution in [3.05, 3.63) is 22.0 Å². The molecule has 2 aromatic rings. The fraction of sp³-hybridized carbons (Fsp3) is 0.143. The van der Waals surface area contributed by atoms with Crippen molar-refractivity contribution in [3.8, 4) is 0 Å². The van der Waals surface area contributed by atoms with Gasteiger partial charge < -0.3 is 4.74 Å². The number of fused-ring (bicyclic) bond motifs is 1. The lowest BCUT2D eigenvalue weighted by Gasteiger charge is -1.91. The Morgan fingerprint density at radius 3 is 3.23 bits per heavy atom. The predicted molar refractivity (Wildman–Crippen MR) is 52.1 cm³/mol. The Labute approximate surface area is 86.3 Å². The van der Waals surface area contributed by atoms with Crippen LogP contribution in [0.3, 0.4) is 0 Å². The highest BCUT2D eigenvalue weighted by Crippen LogP contribution is 2.25. The summed E-state index contributed by atoms with van der Waals surface area (Å²) in [6.07, 6.45) is 3.43. The summed E-state index contributed by atoms with van der Waals surface area (Å²) in [5, 5.41) is 0. The van der Waals surface area contributed by atoms with Gasteiger partial charge in [-0.2, -0.15) is 0 Å². The number of carbonyl (C=O) groups excluding carboxylic acids is 1. The lowest BCUT2D eigenvalue weighted by atomic mass is 10.5. The topological polar surface area (TPSA) is 43.6 Å². The Hall–Kier alpha value is -0.880. The molecule has 68 valence electrons. The molecule has 0 saturated carbocycles. The van der Waals surface area contributed by atoms with Crippen LogP contribution in [0.1, 0.15) is 10.5 Å². The summed E-state index contributed by atoms with van der Waals surface area (Å²) >= 11 is 4.77. The van der Waals surface area contributed by atoms with Crippen LogP contribution in [-0.4, -0.2) is 22.5 Å². The van der Waals surface area contributed by atoms with E-state index in [0.717, 1.165) is 8.62 Å². The molecule has 0 saturated heterocycles. The quantitative estimate of drug-likeness (QED) is 0.737. The van der Waals surface area contributed by atoms with Crippen LogP contribution in [0.2, 0.25) is 0 Å². The van der Waals surface area contributed by atoms with E-state index in [1.54, 1.807) is 10.7 Å². The second-order valence-corrected chi connectivity index (χ2v) is 4.74. The van der Waals surface area contributed by atoms with Crippen molar-refractivity contribution in [2.45, 2.75) is 0 Å². The molecule has 0 unspecified atom stereocenters. The van der Waals surface area contributed by atoms with Gasteiger partial charge in [-0.05, 0) is 15.9 Å². The summed E-state index contributed by atoms with van der Waals surface area (Å²) in [6, 6.07) is 0. The number of carbonyl (C=O) groups is 1. The fourth-order valence-corrected chi connectivity index (χ4v) is 2.48. The zero-order valence-electron chi connectivity index (χ0n) is 6.65. The van der Waals surface area contributed by atoms with E-state index in [1.807, 2.05) is 6.20 Å². The maximum absolute atomic E-state index is 11.2. The van der Waals surface area contributed by atoms with E-state index in [4.69, 9.17) is 0 Å². The van der Waals surface area contributed by atoms with Gasteiger partial charge in [0.05, 0.1) is 10.9 Å². The highest BCUT2D eigenvalue weighted by Gasteiger charge is 2.15. The molecule has 0 fully saturated rings. The smallest absolute Gasteiger partial charge is 0.359 e. The number of ether oxygens (including phenoxy) is 1. The largest absolute Gasteiger partial charge is 0.464 e. The van der Waals surface area contributed by atoms with Gasteiger partial charge in [-0.1, -0.05) is 0 Å². The van der Waals surface area contributed by atoms with E-state index in [0.29, 0.717) is 5.69 Å². The zero-order valence-corrected chi connectivity index (χ0v) is 9.05. The molecule has 0 N–H and O–H groups in total. The van der Waals surface area contributed by atoms with Crippen LogP contribution in [0.4, 0.5) is 0 Å². The van der Waals surface area contributed by atoms with Crippen molar-refractivity contribution in [1.82, 2.24) is 9.38 Å². The summed E-state index contributed by atoms with van der Waals surface area (Å²) < 4.78 is 7.32. The molecule has 0 aliphatic rings. The minimum Gasteiger partial charge on any atom is -0.464 e. The molecule has 0 atom stereocenters. The first kappa shape index (κ1) is 8.71. The molecule has 0 spiro atoms. The number of thiazole rings is 1. The molecule has 0 aliphatic heterocycles. The Bertz CT molecular complexity index is 462. The number of halogens is 1. The standard InChI is InChI=1S/C7H5BrN2O2S/c1-12-7(11)5-6-10(3-9-5)2-4(8)13-6/h2-3H,1H3. The third kappa shape index (κ3) is 1.36. The van der Waals surface area contributed by atoms with Crippen LogP contribution in [0.15, 0.2) is 16.3 Å². The van der Waals surface area contributed by atoms with E-state index in [2.05, 4.69) is 25.7 Å². The maximum Gasteiger partial charge on any atom is 0.359 e. The summed E-state index contributed by atoms with van der Waals surface area (Å²) in [7, 11) is 1.34. The van der Waals surface area contributed by atoms with Crippen molar-refractivity contribution in [3.63, 3.8) is 0 Å². The van der Waals surface area contributed by atoms with Gasteiger partial charge in [0.15, 0.2) is 5.69 Å². The third-order valence-corrected chi connectivity index (χ3v) is 3.15. The first-order valence-corrected chi connectivity index (χ1v) is 5.03. The average molecular weight is 261 g/mol. The highest BCUT2D eigenvalue weighted by molar-refractivity contribution is 9.11. The van der Waals surface area contributed by atoms with Gasteiger partial charge in [-0.15, -0.1) is 11.3 Å². The van der Waals surface area contributed by atoms with E-state index >= 15 is 0 Å². The Kier molecular flexibility index (Phi) is 2.09. The number of methoxy groups -OCH3 is 1. The molecule has 2 heterocycles. The van der Waals surface area contributed by atoms with Crippen molar-refractivity contribution in [2.75, 3.05) is 7.11 Å². The number of hydrogen-bond acceptors (Lipinski definition) is 4. The van der Waals surface area contributed by atoms with E-state index in [-0.39, 0.29) is 0 Å². The van der Waals surface area contributed by atoms with E-state index < -0.39 is 5.97 Å². The number of nitrogens with zero attached hydrogens (tertiary/aromatic N) is 2. The van der Waals surface area contributed by atoms with Crippen molar-refractivity contribution in [2.24, 2.45) is 0 Å². The second-order valence-electron chi connectivity index (χ2n) is 2.33. The van der Waals surface area contributed by atoms with Gasteiger partial charge >= 0.3 is 5.97 Å². The monoisotopic (exact) mass is 260 g/mol. The first-order chi connectivity index (χ1) is 6.22. The molecule has 0 bridgehead atoms. The fourth-order valence-electron chi connectivity index (χ4n) is 1.01. The molecule has 2 aromatic heterocycles. The average Bonchev–Trinajstić information content (AvgIpc) is 2.61. The van der Waals surface area contributed by atoms with Crippen molar-refractivity contribution in [1.29, 1.82) is 0 Å². The van der Waals surface area contributed by atoms with E-state index in [1.165, 1.54) is 18.4 Å². The maximum atomic E-state index is 11.2. The van der Waals surface area contributed by atoms with Gasteiger partial charge in [0.25, 0.3) is 0 Å². The summed E-state index contributed by atoms with van der Waals surface area (Å²) in [4.78, 5) is 15.9. The van der Waals surface area contributed by atoms with Gasteiger partial charge in [-0.25, -0.2) is 9.78 Å². The first-order valence-electron chi connectivity index (χ1n) is 3.42. The summed E-state index contributed by atoms with van der Waals surface area (Å²) in [6.45, 7) is 0. The number of aromatic nitrogens is 2. The molecule has 6 heteroatoms. The molecule has 13 heavy (non-hydrogen) atoms. The number of imidazole rings is 1. The van der Waals surface area contributed by atoms with Gasteiger partial charge in [0.2, 0.25) is 0 Å². The summed E-state index contributed by atoms with van der Waals surface area (Å²) in [5.74, 6) is -0.406. The van der Waals surface area contributed by atoms with Crippen LogP contribution in [-0.2, 0) is 4.74 Å². The highest BCUT2D eigenvalue weighted by atomic mass is 79.9. The molecule has 4 nitrogen and oxygen atoms in total. The Balaban J connectivity index is 2.62. The molecular formula is C7H5BrN2O2S.